The van der Waals surface area contributed by atoms with Crippen LogP contribution in [0.2, 0.25) is 0 Å². The van der Waals surface area contributed by atoms with Crippen LogP contribution < -0.4 is 16.4 Å². The molecule has 0 unspecified atom stereocenters. The molecule has 2 heterocycles. The molecular weight excluding hydrogens is 415 g/mol. The highest BCUT2D eigenvalue weighted by Gasteiger charge is 2.36. The van der Waals surface area contributed by atoms with Gasteiger partial charge in [0.1, 0.15) is 11.5 Å². The Bertz CT molecular complexity index is 1060. The second-order valence-electron chi connectivity index (χ2n) is 6.76. The number of halogens is 3. The van der Waals surface area contributed by atoms with Crippen molar-refractivity contribution in [3.63, 3.8) is 0 Å². The highest BCUT2D eigenvalue weighted by Crippen LogP contribution is 2.29. The number of alkyl halides is 3. The van der Waals surface area contributed by atoms with E-state index in [1.165, 1.54) is 25.3 Å². The summed E-state index contributed by atoms with van der Waals surface area (Å²) in [6.07, 6.45) is -3.31. The van der Waals surface area contributed by atoms with Gasteiger partial charge in [-0.3, -0.25) is 9.59 Å². The van der Waals surface area contributed by atoms with Crippen LogP contribution in [0.3, 0.4) is 0 Å². The van der Waals surface area contributed by atoms with Crippen LogP contribution in [0.25, 0.3) is 5.69 Å². The number of benzene rings is 1. The molecule has 0 saturated heterocycles. The first-order valence-corrected chi connectivity index (χ1v) is 9.25. The van der Waals surface area contributed by atoms with E-state index in [2.05, 4.69) is 15.7 Å². The molecule has 0 bridgehead atoms. The van der Waals surface area contributed by atoms with Crippen LogP contribution in [0, 0.1) is 0 Å². The molecule has 0 fully saturated rings. The number of aromatic nitrogens is 2. The van der Waals surface area contributed by atoms with Gasteiger partial charge in [0.25, 0.3) is 5.91 Å². The van der Waals surface area contributed by atoms with E-state index in [0.717, 1.165) is 4.68 Å². The van der Waals surface area contributed by atoms with Crippen molar-refractivity contribution < 1.29 is 27.2 Å². The summed E-state index contributed by atoms with van der Waals surface area (Å²) >= 11 is 0. The van der Waals surface area contributed by atoms with Gasteiger partial charge < -0.3 is 20.8 Å². The summed E-state index contributed by atoms with van der Waals surface area (Å²) in [7, 11) is 0. The predicted octanol–water partition coefficient (Wildman–Crippen LogP) is 2.38. The fourth-order valence-corrected chi connectivity index (χ4v) is 2.70. The summed E-state index contributed by atoms with van der Waals surface area (Å²) in [4.78, 5) is 24.3. The Kier molecular flexibility index (Phi) is 6.44. The maximum absolute atomic E-state index is 13.3. The van der Waals surface area contributed by atoms with Crippen molar-refractivity contribution in [2.24, 2.45) is 5.73 Å². The van der Waals surface area contributed by atoms with Crippen LogP contribution in [-0.2, 0) is 24.1 Å². The molecule has 2 amide bonds. The molecule has 1 aromatic carbocycles. The maximum atomic E-state index is 13.3. The summed E-state index contributed by atoms with van der Waals surface area (Å²) in [6, 6.07) is 9.53. The van der Waals surface area contributed by atoms with Gasteiger partial charge in [0, 0.05) is 12.6 Å². The molecule has 0 spiro atoms. The molecule has 0 aliphatic rings. The number of hydrogen-bond donors (Lipinski definition) is 3. The van der Waals surface area contributed by atoms with Crippen molar-refractivity contribution >= 4 is 11.8 Å². The maximum Gasteiger partial charge on any atom is 0.435 e. The number of carbonyl (C=O) groups excluding carboxylic acids is 2. The summed E-state index contributed by atoms with van der Waals surface area (Å²) in [5, 5.41) is 8.71. The van der Waals surface area contributed by atoms with Gasteiger partial charge in [-0.05, 0) is 36.8 Å². The molecule has 31 heavy (non-hydrogen) atoms. The predicted molar refractivity (Wildman–Crippen MR) is 104 cm³/mol. The SMILES string of the molecule is C[C@H](N)C(=O)NCc1cccc(-n2nc(C(F)(F)F)cc2C(=O)NCc2ccco2)c1. The third-order valence-corrected chi connectivity index (χ3v) is 4.27. The van der Waals surface area contributed by atoms with Gasteiger partial charge in [-0.2, -0.15) is 18.3 Å². The van der Waals surface area contributed by atoms with E-state index in [4.69, 9.17) is 10.2 Å². The topological polar surface area (TPSA) is 115 Å². The number of nitrogens with one attached hydrogen (secondary N) is 2. The fraction of sp³-hybridized carbons (Fsp3) is 0.250. The van der Waals surface area contributed by atoms with E-state index in [9.17, 15) is 22.8 Å². The van der Waals surface area contributed by atoms with E-state index in [1.54, 1.807) is 24.3 Å². The van der Waals surface area contributed by atoms with Crippen molar-refractivity contribution in [2.45, 2.75) is 32.2 Å². The lowest BCUT2D eigenvalue weighted by Gasteiger charge is -2.11. The highest BCUT2D eigenvalue weighted by molar-refractivity contribution is 5.93. The van der Waals surface area contributed by atoms with E-state index >= 15 is 0 Å². The summed E-state index contributed by atoms with van der Waals surface area (Å²) < 4.78 is 45.8. The zero-order chi connectivity index (χ0) is 22.6. The largest absolute Gasteiger partial charge is 0.467 e. The van der Waals surface area contributed by atoms with E-state index in [0.29, 0.717) is 17.4 Å². The van der Waals surface area contributed by atoms with Gasteiger partial charge in [-0.25, -0.2) is 4.68 Å². The minimum Gasteiger partial charge on any atom is -0.467 e. The smallest absolute Gasteiger partial charge is 0.435 e. The van der Waals surface area contributed by atoms with Crippen molar-refractivity contribution in [1.82, 2.24) is 20.4 Å². The van der Waals surface area contributed by atoms with Gasteiger partial charge in [-0.1, -0.05) is 12.1 Å². The molecule has 8 nitrogen and oxygen atoms in total. The van der Waals surface area contributed by atoms with Crippen LogP contribution in [0.4, 0.5) is 13.2 Å². The van der Waals surface area contributed by atoms with E-state index < -0.39 is 23.8 Å². The molecule has 164 valence electrons. The highest BCUT2D eigenvalue weighted by atomic mass is 19.4. The third kappa shape index (κ3) is 5.51. The average molecular weight is 435 g/mol. The van der Waals surface area contributed by atoms with E-state index in [1.807, 2.05) is 0 Å². The van der Waals surface area contributed by atoms with Crippen LogP contribution in [0.15, 0.2) is 53.1 Å². The summed E-state index contributed by atoms with van der Waals surface area (Å²) in [5.41, 5.74) is 4.82. The number of furan rings is 1. The molecule has 0 saturated carbocycles. The quantitative estimate of drug-likeness (QED) is 0.527. The van der Waals surface area contributed by atoms with Gasteiger partial charge in [0.15, 0.2) is 5.69 Å². The van der Waals surface area contributed by atoms with E-state index in [-0.39, 0.29) is 30.4 Å². The Hall–Kier alpha value is -3.60. The lowest BCUT2D eigenvalue weighted by molar-refractivity contribution is -0.141. The molecule has 0 radical (unpaired) electrons. The monoisotopic (exact) mass is 435 g/mol. The van der Waals surface area contributed by atoms with Crippen molar-refractivity contribution in [1.29, 1.82) is 0 Å². The Balaban J connectivity index is 1.88. The first-order valence-electron chi connectivity index (χ1n) is 9.25. The normalized spacial score (nSPS) is 12.4. The second kappa shape index (κ2) is 9.04. The standard InChI is InChI=1S/C20H20F3N5O3/c1-12(24)18(29)25-10-13-4-2-5-14(8-13)28-16(9-17(27-28)20(21,22)23)19(30)26-11-15-6-3-7-31-15/h2-9,12H,10-11,24H2,1H3,(H,25,29)(H,26,30)/t12-/m0/s1. The number of nitrogens with zero attached hydrogens (tertiary/aromatic N) is 2. The zero-order valence-electron chi connectivity index (χ0n) is 16.4. The molecule has 0 aliphatic heterocycles. The molecule has 2 aromatic heterocycles. The van der Waals surface area contributed by atoms with Crippen LogP contribution in [0.1, 0.15) is 34.4 Å². The lowest BCUT2D eigenvalue weighted by atomic mass is 10.2. The zero-order valence-corrected chi connectivity index (χ0v) is 16.4. The Labute approximate surface area is 175 Å². The first kappa shape index (κ1) is 22.1. The average Bonchev–Trinajstić information content (AvgIpc) is 3.40. The molecule has 0 aliphatic carbocycles. The minimum absolute atomic E-state index is 0.00170. The number of rotatable bonds is 7. The second-order valence-corrected chi connectivity index (χ2v) is 6.76. The molecule has 3 aromatic rings. The number of hydrogen-bond acceptors (Lipinski definition) is 5. The van der Waals surface area contributed by atoms with Crippen molar-refractivity contribution in [3.8, 4) is 5.69 Å². The molecule has 1 atom stereocenters. The third-order valence-electron chi connectivity index (χ3n) is 4.27. The molecule has 11 heteroatoms. The summed E-state index contributed by atoms with van der Waals surface area (Å²) in [5.74, 6) is -0.681. The fourth-order valence-electron chi connectivity index (χ4n) is 2.70. The van der Waals surface area contributed by atoms with Crippen LogP contribution in [-0.4, -0.2) is 27.6 Å². The number of nitrogens with two attached hydrogens (primary N) is 1. The van der Waals surface area contributed by atoms with Gasteiger partial charge in [0.05, 0.1) is 24.5 Å². The molecule has 3 rings (SSSR count). The van der Waals surface area contributed by atoms with Crippen molar-refractivity contribution in [3.05, 3.63) is 71.4 Å². The molecular formula is C20H20F3N5O3. The van der Waals surface area contributed by atoms with Gasteiger partial charge >= 0.3 is 6.18 Å². The van der Waals surface area contributed by atoms with Crippen LogP contribution in [0.5, 0.6) is 0 Å². The Morgan fingerprint density at radius 1 is 1.16 bits per heavy atom. The number of carbonyl (C=O) groups is 2. The first-order chi connectivity index (χ1) is 14.6. The van der Waals surface area contributed by atoms with Gasteiger partial charge in [0.2, 0.25) is 5.91 Å². The Morgan fingerprint density at radius 2 is 1.94 bits per heavy atom. The Morgan fingerprint density at radius 3 is 2.58 bits per heavy atom. The summed E-state index contributed by atoms with van der Waals surface area (Å²) in [6.45, 7) is 1.64. The lowest BCUT2D eigenvalue weighted by Crippen LogP contribution is -2.37. The minimum atomic E-state index is -4.73. The molecule has 4 N–H and O–H groups in total. The van der Waals surface area contributed by atoms with Crippen molar-refractivity contribution in [2.75, 3.05) is 0 Å². The van der Waals surface area contributed by atoms with Gasteiger partial charge in [-0.15, -0.1) is 0 Å². The van der Waals surface area contributed by atoms with Crippen LogP contribution >= 0.6 is 0 Å². The number of amides is 2.